The molecule has 0 saturated carbocycles. The molecular weight excluding hydrogens is 257 g/mol. The van der Waals surface area contributed by atoms with Gasteiger partial charge in [0.15, 0.2) is 0 Å². The molecule has 0 amide bonds. The maximum absolute atomic E-state index is 13.8. The van der Waals surface area contributed by atoms with Gasteiger partial charge < -0.3 is 15.0 Å². The molecule has 1 aromatic heterocycles. The zero-order chi connectivity index (χ0) is 14.5. The van der Waals surface area contributed by atoms with Crippen LogP contribution in [0, 0.1) is 5.82 Å². The number of aryl methyl sites for hydroxylation is 1. The molecule has 2 aromatic rings. The first-order chi connectivity index (χ1) is 9.61. The number of ether oxygens (including phenoxy) is 1. The van der Waals surface area contributed by atoms with Crippen molar-refractivity contribution >= 4 is 0 Å². The van der Waals surface area contributed by atoms with E-state index in [9.17, 15) is 4.39 Å². The Kier molecular flexibility index (Phi) is 4.74. The Hall–Kier alpha value is -1.88. The Morgan fingerprint density at radius 1 is 1.45 bits per heavy atom. The summed E-state index contributed by atoms with van der Waals surface area (Å²) in [6.07, 6.45) is 4.57. The summed E-state index contributed by atoms with van der Waals surface area (Å²) >= 11 is 0. The fourth-order valence-electron chi connectivity index (χ4n) is 2.03. The lowest BCUT2D eigenvalue weighted by atomic mass is 10.1. The molecule has 20 heavy (non-hydrogen) atoms. The van der Waals surface area contributed by atoms with Gasteiger partial charge in [0.05, 0.1) is 18.2 Å². The van der Waals surface area contributed by atoms with E-state index in [1.165, 1.54) is 6.07 Å². The van der Waals surface area contributed by atoms with Crippen molar-refractivity contribution in [1.82, 2.24) is 9.55 Å². The van der Waals surface area contributed by atoms with E-state index in [2.05, 4.69) is 11.9 Å². The molecule has 0 radical (unpaired) electrons. The highest BCUT2D eigenvalue weighted by atomic mass is 19.1. The summed E-state index contributed by atoms with van der Waals surface area (Å²) in [5.74, 6) is 0.163. The van der Waals surface area contributed by atoms with Crippen LogP contribution >= 0.6 is 0 Å². The van der Waals surface area contributed by atoms with Crippen molar-refractivity contribution in [3.63, 3.8) is 0 Å². The smallest absolute Gasteiger partial charge is 0.131 e. The molecule has 0 spiro atoms. The quantitative estimate of drug-likeness (QED) is 0.883. The van der Waals surface area contributed by atoms with E-state index in [0.29, 0.717) is 17.9 Å². The van der Waals surface area contributed by atoms with Gasteiger partial charge in [-0.25, -0.2) is 9.37 Å². The Balaban J connectivity index is 2.04. The minimum absolute atomic E-state index is 0.324. The molecule has 1 heterocycles. The third kappa shape index (κ3) is 3.36. The monoisotopic (exact) mass is 277 g/mol. The largest absolute Gasteiger partial charge is 0.487 e. The summed E-state index contributed by atoms with van der Waals surface area (Å²) in [5.41, 5.74) is 7.15. The molecule has 1 atom stereocenters. The van der Waals surface area contributed by atoms with Crippen LogP contribution in [0.1, 0.15) is 37.6 Å². The van der Waals surface area contributed by atoms with Crippen LogP contribution in [-0.2, 0) is 13.2 Å². The number of halogens is 1. The summed E-state index contributed by atoms with van der Waals surface area (Å²) in [7, 11) is 0. The van der Waals surface area contributed by atoms with Crippen molar-refractivity contribution in [1.29, 1.82) is 0 Å². The molecule has 4 nitrogen and oxygen atoms in total. The van der Waals surface area contributed by atoms with E-state index in [1.807, 2.05) is 4.57 Å². The van der Waals surface area contributed by atoms with Crippen LogP contribution in [0.25, 0.3) is 0 Å². The fraction of sp³-hybridized carbons (Fsp3) is 0.400. The minimum atomic E-state index is -0.334. The standard InChI is InChI=1S/C15H20FN3O/c1-3-6-19-10-18-8-12(19)9-20-13-4-5-14(11(2)17)15(16)7-13/h4-5,7-8,10-11H,3,6,9,17H2,1-2H3/t11-/m0/s1. The lowest BCUT2D eigenvalue weighted by molar-refractivity contribution is 0.293. The predicted octanol–water partition coefficient (Wildman–Crippen LogP) is 3.03. The number of aromatic nitrogens is 2. The van der Waals surface area contributed by atoms with Crippen LogP contribution in [0.3, 0.4) is 0 Å². The Bertz CT molecular complexity index is 566. The average molecular weight is 277 g/mol. The molecule has 0 bridgehead atoms. The fourth-order valence-corrected chi connectivity index (χ4v) is 2.03. The Morgan fingerprint density at radius 2 is 2.25 bits per heavy atom. The topological polar surface area (TPSA) is 53.1 Å². The van der Waals surface area contributed by atoms with E-state index in [1.54, 1.807) is 31.6 Å². The number of hydrogen-bond acceptors (Lipinski definition) is 3. The summed E-state index contributed by atoms with van der Waals surface area (Å²) in [4.78, 5) is 4.10. The molecule has 0 aliphatic carbocycles. The van der Waals surface area contributed by atoms with Crippen molar-refractivity contribution in [3.05, 3.63) is 47.8 Å². The van der Waals surface area contributed by atoms with E-state index in [-0.39, 0.29) is 11.9 Å². The molecule has 2 rings (SSSR count). The summed E-state index contributed by atoms with van der Waals surface area (Å²) in [6, 6.07) is 4.45. The Labute approximate surface area is 118 Å². The molecular formula is C15H20FN3O. The van der Waals surface area contributed by atoms with Crippen LogP contribution in [0.4, 0.5) is 4.39 Å². The highest BCUT2D eigenvalue weighted by Crippen LogP contribution is 2.21. The summed E-state index contributed by atoms with van der Waals surface area (Å²) in [6.45, 7) is 5.13. The second-order valence-electron chi connectivity index (χ2n) is 4.84. The molecule has 0 fully saturated rings. The lowest BCUT2D eigenvalue weighted by Crippen LogP contribution is -2.08. The predicted molar refractivity (Wildman–Crippen MR) is 75.9 cm³/mol. The van der Waals surface area contributed by atoms with Crippen molar-refractivity contribution in [2.45, 2.75) is 39.5 Å². The zero-order valence-electron chi connectivity index (χ0n) is 11.8. The number of rotatable bonds is 6. The van der Waals surface area contributed by atoms with Gasteiger partial charge in [-0.15, -0.1) is 0 Å². The number of nitrogens with two attached hydrogens (primary N) is 1. The number of nitrogens with zero attached hydrogens (tertiary/aromatic N) is 2. The van der Waals surface area contributed by atoms with Gasteiger partial charge in [0.25, 0.3) is 0 Å². The van der Waals surface area contributed by atoms with Crippen molar-refractivity contribution in [2.75, 3.05) is 0 Å². The van der Waals surface area contributed by atoms with Crippen LogP contribution < -0.4 is 10.5 Å². The third-order valence-corrected chi connectivity index (χ3v) is 3.11. The van der Waals surface area contributed by atoms with Gasteiger partial charge in [0, 0.05) is 24.2 Å². The third-order valence-electron chi connectivity index (χ3n) is 3.11. The lowest BCUT2D eigenvalue weighted by Gasteiger charge is -2.11. The second kappa shape index (κ2) is 6.52. The first-order valence-electron chi connectivity index (χ1n) is 6.78. The van der Waals surface area contributed by atoms with Gasteiger partial charge in [0.2, 0.25) is 0 Å². The van der Waals surface area contributed by atoms with Crippen LogP contribution in [0.2, 0.25) is 0 Å². The van der Waals surface area contributed by atoms with Gasteiger partial charge in [-0.1, -0.05) is 13.0 Å². The highest BCUT2D eigenvalue weighted by Gasteiger charge is 2.09. The molecule has 0 saturated heterocycles. The Morgan fingerprint density at radius 3 is 2.90 bits per heavy atom. The number of hydrogen-bond donors (Lipinski definition) is 1. The average Bonchev–Trinajstić information content (AvgIpc) is 2.84. The molecule has 0 unspecified atom stereocenters. The van der Waals surface area contributed by atoms with Crippen molar-refractivity contribution in [3.8, 4) is 5.75 Å². The maximum Gasteiger partial charge on any atom is 0.131 e. The van der Waals surface area contributed by atoms with Crippen molar-refractivity contribution in [2.24, 2.45) is 5.73 Å². The molecule has 0 aliphatic rings. The van der Waals surface area contributed by atoms with E-state index >= 15 is 0 Å². The van der Waals surface area contributed by atoms with Gasteiger partial charge in [-0.3, -0.25) is 0 Å². The SMILES string of the molecule is CCCn1cncc1COc1ccc([C@H](C)N)c(F)c1. The highest BCUT2D eigenvalue weighted by molar-refractivity contribution is 5.30. The molecule has 1 aromatic carbocycles. The first kappa shape index (κ1) is 14.5. The van der Waals surface area contributed by atoms with E-state index in [0.717, 1.165) is 18.7 Å². The van der Waals surface area contributed by atoms with E-state index < -0.39 is 0 Å². The summed E-state index contributed by atoms with van der Waals surface area (Å²) in [5, 5.41) is 0. The maximum atomic E-state index is 13.8. The van der Waals surface area contributed by atoms with Gasteiger partial charge in [0.1, 0.15) is 18.2 Å². The van der Waals surface area contributed by atoms with Crippen LogP contribution in [0.15, 0.2) is 30.7 Å². The molecule has 2 N–H and O–H groups in total. The van der Waals surface area contributed by atoms with Gasteiger partial charge >= 0.3 is 0 Å². The van der Waals surface area contributed by atoms with Crippen LogP contribution in [-0.4, -0.2) is 9.55 Å². The molecule has 0 aliphatic heterocycles. The molecule has 5 heteroatoms. The zero-order valence-corrected chi connectivity index (χ0v) is 11.8. The summed E-state index contributed by atoms with van der Waals surface area (Å²) < 4.78 is 21.4. The van der Waals surface area contributed by atoms with Gasteiger partial charge in [-0.2, -0.15) is 0 Å². The normalized spacial score (nSPS) is 12.4. The number of imidazole rings is 1. The first-order valence-corrected chi connectivity index (χ1v) is 6.78. The van der Waals surface area contributed by atoms with Crippen molar-refractivity contribution < 1.29 is 9.13 Å². The number of benzene rings is 1. The molecule has 108 valence electrons. The minimum Gasteiger partial charge on any atom is -0.487 e. The van der Waals surface area contributed by atoms with Gasteiger partial charge in [-0.05, 0) is 19.4 Å². The van der Waals surface area contributed by atoms with E-state index in [4.69, 9.17) is 10.5 Å². The van der Waals surface area contributed by atoms with Crippen LogP contribution in [0.5, 0.6) is 5.75 Å². The second-order valence-corrected chi connectivity index (χ2v) is 4.84.